The molecule has 0 radical (unpaired) electrons. The molecule has 0 amide bonds. The van der Waals surface area contributed by atoms with Gasteiger partial charge in [0.15, 0.2) is 5.78 Å². The van der Waals surface area contributed by atoms with Crippen molar-refractivity contribution in [3.05, 3.63) is 47.8 Å². The SMILES string of the molecule is COC(=O)c1cc(OC=O)cn1CC(=O)c1cccc(OC)c1. The number of carbonyl (C=O) groups is 3. The average Bonchev–Trinajstić information content (AvgIpc) is 2.97. The minimum atomic E-state index is -0.635. The second-order valence-corrected chi connectivity index (χ2v) is 4.55. The number of aromatic nitrogens is 1. The van der Waals surface area contributed by atoms with Crippen LogP contribution in [0.15, 0.2) is 36.5 Å². The van der Waals surface area contributed by atoms with E-state index in [1.807, 2.05) is 0 Å². The van der Waals surface area contributed by atoms with Gasteiger partial charge in [-0.2, -0.15) is 0 Å². The highest BCUT2D eigenvalue weighted by Gasteiger charge is 2.18. The average molecular weight is 317 g/mol. The first-order valence-corrected chi connectivity index (χ1v) is 6.65. The number of methoxy groups -OCH3 is 2. The highest BCUT2D eigenvalue weighted by atomic mass is 16.5. The van der Waals surface area contributed by atoms with E-state index in [0.29, 0.717) is 11.3 Å². The van der Waals surface area contributed by atoms with E-state index in [1.54, 1.807) is 24.3 Å². The van der Waals surface area contributed by atoms with E-state index in [-0.39, 0.29) is 30.2 Å². The van der Waals surface area contributed by atoms with Crippen LogP contribution in [0.1, 0.15) is 20.8 Å². The monoisotopic (exact) mass is 317 g/mol. The normalized spacial score (nSPS) is 10.0. The topological polar surface area (TPSA) is 83.8 Å². The summed E-state index contributed by atoms with van der Waals surface area (Å²) in [4.78, 5) is 34.5. The van der Waals surface area contributed by atoms with E-state index in [9.17, 15) is 14.4 Å². The van der Waals surface area contributed by atoms with Gasteiger partial charge < -0.3 is 18.8 Å². The Morgan fingerprint density at radius 2 is 1.96 bits per heavy atom. The molecule has 120 valence electrons. The number of ketones is 1. The molecule has 0 saturated heterocycles. The van der Waals surface area contributed by atoms with Gasteiger partial charge in [0, 0.05) is 17.8 Å². The van der Waals surface area contributed by atoms with Crippen molar-refractivity contribution >= 4 is 18.2 Å². The number of rotatable bonds is 7. The third-order valence-electron chi connectivity index (χ3n) is 3.16. The molecule has 2 aromatic rings. The molecular weight excluding hydrogens is 302 g/mol. The maximum atomic E-state index is 12.4. The van der Waals surface area contributed by atoms with Gasteiger partial charge in [-0.15, -0.1) is 0 Å². The van der Waals surface area contributed by atoms with Crippen molar-refractivity contribution in [3.63, 3.8) is 0 Å². The first kappa shape index (κ1) is 16.3. The molecule has 0 spiro atoms. The lowest BCUT2D eigenvalue weighted by molar-refractivity contribution is -0.120. The molecule has 0 aliphatic heterocycles. The Morgan fingerprint density at radius 1 is 1.17 bits per heavy atom. The fourth-order valence-corrected chi connectivity index (χ4v) is 2.05. The van der Waals surface area contributed by atoms with E-state index in [0.717, 1.165) is 0 Å². The standard InChI is InChI=1S/C16H15NO6/c1-21-12-5-3-4-11(6-12)15(19)9-17-8-13(23-10-18)7-14(17)16(20)22-2/h3-8,10H,9H2,1-2H3. The molecule has 7 nitrogen and oxygen atoms in total. The lowest BCUT2D eigenvalue weighted by atomic mass is 10.1. The Balaban J connectivity index is 2.28. The Bertz CT molecular complexity index is 734. The second kappa shape index (κ2) is 7.26. The summed E-state index contributed by atoms with van der Waals surface area (Å²) in [6, 6.07) is 8.01. The third-order valence-corrected chi connectivity index (χ3v) is 3.16. The largest absolute Gasteiger partial charge is 0.497 e. The molecule has 1 aromatic carbocycles. The van der Waals surface area contributed by atoms with E-state index in [4.69, 9.17) is 9.47 Å². The van der Waals surface area contributed by atoms with Crippen molar-refractivity contribution in [3.8, 4) is 11.5 Å². The maximum absolute atomic E-state index is 12.4. The molecular formula is C16H15NO6. The summed E-state index contributed by atoms with van der Waals surface area (Å²) < 4.78 is 15.8. The molecule has 7 heteroatoms. The number of Topliss-reactive ketones (excluding diaryl/α,β-unsaturated/α-hetero) is 1. The van der Waals surface area contributed by atoms with Gasteiger partial charge in [-0.3, -0.25) is 9.59 Å². The molecule has 2 rings (SSSR count). The summed E-state index contributed by atoms with van der Waals surface area (Å²) >= 11 is 0. The number of hydrogen-bond acceptors (Lipinski definition) is 6. The summed E-state index contributed by atoms with van der Waals surface area (Å²) in [5.41, 5.74) is 0.548. The summed E-state index contributed by atoms with van der Waals surface area (Å²) in [5, 5.41) is 0. The molecule has 0 fully saturated rings. The lowest BCUT2D eigenvalue weighted by Gasteiger charge is -2.07. The number of ether oxygens (including phenoxy) is 3. The molecule has 0 bridgehead atoms. The van der Waals surface area contributed by atoms with E-state index in [2.05, 4.69) is 4.74 Å². The Labute approximate surface area is 132 Å². The number of benzene rings is 1. The maximum Gasteiger partial charge on any atom is 0.354 e. The van der Waals surface area contributed by atoms with Gasteiger partial charge in [-0.05, 0) is 12.1 Å². The zero-order chi connectivity index (χ0) is 16.8. The quantitative estimate of drug-likeness (QED) is 0.439. The van der Waals surface area contributed by atoms with Crippen LogP contribution in [0.3, 0.4) is 0 Å². The lowest BCUT2D eigenvalue weighted by Crippen LogP contribution is -2.15. The highest BCUT2D eigenvalue weighted by Crippen LogP contribution is 2.19. The number of carbonyl (C=O) groups excluding carboxylic acids is 3. The first-order valence-electron chi connectivity index (χ1n) is 6.65. The summed E-state index contributed by atoms with van der Waals surface area (Å²) in [6.45, 7) is 0.129. The number of esters is 1. The van der Waals surface area contributed by atoms with Crippen molar-refractivity contribution in [2.45, 2.75) is 6.54 Å². The highest BCUT2D eigenvalue weighted by molar-refractivity contribution is 5.97. The molecule has 0 saturated carbocycles. The Hall–Kier alpha value is -3.09. The van der Waals surface area contributed by atoms with Crippen LogP contribution in [-0.2, 0) is 16.1 Å². The van der Waals surface area contributed by atoms with E-state index in [1.165, 1.54) is 31.0 Å². The predicted molar refractivity (Wildman–Crippen MR) is 79.8 cm³/mol. The van der Waals surface area contributed by atoms with Crippen LogP contribution in [0.25, 0.3) is 0 Å². The van der Waals surface area contributed by atoms with Gasteiger partial charge in [-0.25, -0.2) is 4.79 Å². The van der Waals surface area contributed by atoms with Gasteiger partial charge in [0.05, 0.1) is 20.8 Å². The van der Waals surface area contributed by atoms with Crippen LogP contribution >= 0.6 is 0 Å². The smallest absolute Gasteiger partial charge is 0.354 e. The van der Waals surface area contributed by atoms with Gasteiger partial charge in [0.25, 0.3) is 6.47 Å². The van der Waals surface area contributed by atoms with Gasteiger partial charge in [0.1, 0.15) is 17.2 Å². The van der Waals surface area contributed by atoms with E-state index >= 15 is 0 Å². The fraction of sp³-hybridized carbons (Fsp3) is 0.188. The zero-order valence-corrected chi connectivity index (χ0v) is 12.6. The summed E-state index contributed by atoms with van der Waals surface area (Å²) in [7, 11) is 2.73. The Kier molecular flexibility index (Phi) is 5.14. The van der Waals surface area contributed by atoms with Crippen LogP contribution < -0.4 is 9.47 Å². The predicted octanol–water partition coefficient (Wildman–Crippen LogP) is 1.70. The molecule has 0 atom stereocenters. The van der Waals surface area contributed by atoms with Crippen molar-refractivity contribution in [2.24, 2.45) is 0 Å². The van der Waals surface area contributed by atoms with Crippen LogP contribution in [0.2, 0.25) is 0 Å². The first-order chi connectivity index (χ1) is 11.1. The second-order valence-electron chi connectivity index (χ2n) is 4.55. The summed E-state index contributed by atoms with van der Waals surface area (Å²) in [5.74, 6) is -0.160. The molecule has 0 unspecified atom stereocenters. The molecule has 0 aliphatic carbocycles. The minimum Gasteiger partial charge on any atom is -0.497 e. The molecule has 0 N–H and O–H groups in total. The number of hydrogen-bond donors (Lipinski definition) is 0. The van der Waals surface area contributed by atoms with Gasteiger partial charge >= 0.3 is 5.97 Å². The molecule has 1 heterocycles. The van der Waals surface area contributed by atoms with Crippen LogP contribution in [0.5, 0.6) is 11.5 Å². The van der Waals surface area contributed by atoms with Gasteiger partial charge in [-0.1, -0.05) is 12.1 Å². The van der Waals surface area contributed by atoms with Crippen LogP contribution in [0, 0.1) is 0 Å². The molecule has 1 aromatic heterocycles. The Morgan fingerprint density at radius 3 is 2.61 bits per heavy atom. The fourth-order valence-electron chi connectivity index (χ4n) is 2.05. The van der Waals surface area contributed by atoms with Crippen molar-refractivity contribution < 1.29 is 28.6 Å². The van der Waals surface area contributed by atoms with Gasteiger partial charge in [0.2, 0.25) is 0 Å². The molecule has 0 aliphatic rings. The minimum absolute atomic E-state index is 0.111. The van der Waals surface area contributed by atoms with Crippen molar-refractivity contribution in [2.75, 3.05) is 14.2 Å². The third kappa shape index (κ3) is 3.76. The molecule has 23 heavy (non-hydrogen) atoms. The van der Waals surface area contributed by atoms with E-state index < -0.39 is 5.97 Å². The summed E-state index contributed by atoms with van der Waals surface area (Å²) in [6.07, 6.45) is 1.39. The van der Waals surface area contributed by atoms with Crippen molar-refractivity contribution in [1.29, 1.82) is 0 Å². The zero-order valence-electron chi connectivity index (χ0n) is 12.6. The van der Waals surface area contributed by atoms with Crippen molar-refractivity contribution in [1.82, 2.24) is 4.57 Å². The van der Waals surface area contributed by atoms with Crippen LogP contribution in [0.4, 0.5) is 0 Å². The number of nitrogens with zero attached hydrogens (tertiary/aromatic N) is 1. The van der Waals surface area contributed by atoms with Crippen LogP contribution in [-0.4, -0.2) is 37.0 Å².